The Bertz CT molecular complexity index is 635. The molecule has 0 amide bonds. The van der Waals surface area contributed by atoms with Gasteiger partial charge in [-0.15, -0.1) is 0 Å². The van der Waals surface area contributed by atoms with Crippen LogP contribution in [0.15, 0.2) is 0 Å². The highest BCUT2D eigenvalue weighted by Crippen LogP contribution is 2.48. The van der Waals surface area contributed by atoms with Gasteiger partial charge in [-0.25, -0.2) is 13.7 Å². The van der Waals surface area contributed by atoms with E-state index in [1.54, 1.807) is 0 Å². The SMILES string of the molecule is O=P(O)(O)OC1CO[C@@H]2[C@H](O)[C@@H](OP(=O)(O)O)[C@H](OP(=O)(O)O)[C@@H](O)[C@@H]2OC1. The lowest BCUT2D eigenvalue weighted by Crippen LogP contribution is -2.65. The second kappa shape index (κ2) is 8.73. The van der Waals surface area contributed by atoms with Crippen LogP contribution in [0.4, 0.5) is 0 Å². The summed E-state index contributed by atoms with van der Waals surface area (Å²) in [7, 11) is -15.6. The zero-order valence-corrected chi connectivity index (χ0v) is 16.3. The summed E-state index contributed by atoms with van der Waals surface area (Å²) in [5.74, 6) is 0. The van der Waals surface area contributed by atoms with Crippen molar-refractivity contribution in [2.75, 3.05) is 13.2 Å². The Balaban J connectivity index is 2.29. The van der Waals surface area contributed by atoms with Gasteiger partial charge in [0.25, 0.3) is 0 Å². The van der Waals surface area contributed by atoms with Crippen LogP contribution in [0.3, 0.4) is 0 Å². The number of aliphatic hydroxyl groups is 2. The molecule has 1 unspecified atom stereocenters. The number of ether oxygens (including phenoxy) is 2. The lowest BCUT2D eigenvalue weighted by molar-refractivity contribution is -0.229. The van der Waals surface area contributed by atoms with Crippen LogP contribution < -0.4 is 0 Å². The summed E-state index contributed by atoms with van der Waals surface area (Å²) in [6, 6.07) is 0. The van der Waals surface area contributed by atoms with Crippen molar-refractivity contribution in [1.29, 1.82) is 0 Å². The van der Waals surface area contributed by atoms with Crippen molar-refractivity contribution in [2.45, 2.75) is 42.7 Å². The van der Waals surface area contributed by atoms with Crippen LogP contribution >= 0.6 is 23.5 Å². The van der Waals surface area contributed by atoms with Gasteiger partial charge >= 0.3 is 23.5 Å². The van der Waals surface area contributed by atoms with Gasteiger partial charge in [-0.2, -0.15) is 0 Å². The molecule has 0 aromatic heterocycles. The number of hydrogen-bond donors (Lipinski definition) is 8. The fourth-order valence-corrected chi connectivity index (χ4v) is 4.47. The number of fused-ring (bicyclic) bond motifs is 1. The van der Waals surface area contributed by atoms with Gasteiger partial charge in [0.15, 0.2) is 0 Å². The van der Waals surface area contributed by atoms with E-state index in [1.807, 2.05) is 0 Å². The largest absolute Gasteiger partial charge is 0.470 e. The highest BCUT2D eigenvalue weighted by molar-refractivity contribution is 7.46. The van der Waals surface area contributed by atoms with E-state index in [9.17, 15) is 23.9 Å². The Labute approximate surface area is 156 Å². The Kier molecular flexibility index (Phi) is 7.62. The van der Waals surface area contributed by atoms with Crippen LogP contribution in [-0.4, -0.2) is 95.5 Å². The molecule has 8 N–H and O–H groups in total. The maximum Gasteiger partial charge on any atom is 0.470 e. The van der Waals surface area contributed by atoms with Crippen LogP contribution in [0.25, 0.3) is 0 Å². The molecule has 0 bridgehead atoms. The smallest absolute Gasteiger partial charge is 0.387 e. The monoisotopic (exact) mass is 476 g/mol. The molecule has 7 atom stereocenters. The molecular formula is C9H19O16P3. The Morgan fingerprint density at radius 1 is 0.643 bits per heavy atom. The molecule has 0 radical (unpaired) electrons. The van der Waals surface area contributed by atoms with Crippen molar-refractivity contribution in [3.8, 4) is 0 Å². The normalized spacial score (nSPS) is 37.9. The van der Waals surface area contributed by atoms with Crippen molar-refractivity contribution in [1.82, 2.24) is 0 Å². The Hall–Kier alpha value is 0.170. The molecule has 28 heavy (non-hydrogen) atoms. The molecule has 2 aliphatic rings. The number of phosphoric ester groups is 3. The van der Waals surface area contributed by atoms with E-state index in [1.165, 1.54) is 0 Å². The lowest BCUT2D eigenvalue weighted by atomic mass is 9.84. The Morgan fingerprint density at radius 3 is 1.25 bits per heavy atom. The van der Waals surface area contributed by atoms with Crippen molar-refractivity contribution in [3.05, 3.63) is 0 Å². The second-order valence-electron chi connectivity index (χ2n) is 5.92. The average Bonchev–Trinajstić information content (AvgIpc) is 2.67. The van der Waals surface area contributed by atoms with Crippen LogP contribution in [0.1, 0.15) is 0 Å². The van der Waals surface area contributed by atoms with E-state index in [-0.39, 0.29) is 0 Å². The molecule has 1 saturated carbocycles. The first-order valence-electron chi connectivity index (χ1n) is 7.38. The minimum absolute atomic E-state index is 0.567. The molecule has 19 heteroatoms. The topological polar surface area (TPSA) is 259 Å². The van der Waals surface area contributed by atoms with Gasteiger partial charge in [-0.3, -0.25) is 13.6 Å². The van der Waals surface area contributed by atoms with Gasteiger partial charge in [-0.1, -0.05) is 0 Å². The molecule has 1 heterocycles. The van der Waals surface area contributed by atoms with Crippen molar-refractivity contribution < 1.29 is 76.3 Å². The number of rotatable bonds is 6. The first-order chi connectivity index (χ1) is 12.6. The number of aliphatic hydroxyl groups excluding tert-OH is 2. The average molecular weight is 476 g/mol. The van der Waals surface area contributed by atoms with Crippen LogP contribution in [0.2, 0.25) is 0 Å². The quantitative estimate of drug-likeness (QED) is 0.177. The molecule has 16 nitrogen and oxygen atoms in total. The Morgan fingerprint density at radius 2 is 0.964 bits per heavy atom. The fourth-order valence-electron chi connectivity index (χ4n) is 2.84. The third kappa shape index (κ3) is 6.86. The molecule has 0 spiro atoms. The van der Waals surface area contributed by atoms with Crippen LogP contribution in [0.5, 0.6) is 0 Å². The highest BCUT2D eigenvalue weighted by atomic mass is 31.2. The lowest BCUT2D eigenvalue weighted by Gasteiger charge is -2.45. The maximum atomic E-state index is 11.2. The first-order valence-corrected chi connectivity index (χ1v) is 12.0. The zero-order valence-electron chi connectivity index (χ0n) is 13.6. The summed E-state index contributed by atoms with van der Waals surface area (Å²) in [5.41, 5.74) is 0. The summed E-state index contributed by atoms with van der Waals surface area (Å²) in [4.78, 5) is 53.6. The third-order valence-corrected chi connectivity index (χ3v) is 5.36. The van der Waals surface area contributed by atoms with Crippen LogP contribution in [-0.2, 0) is 36.7 Å². The first kappa shape index (κ1) is 24.4. The van der Waals surface area contributed by atoms with E-state index >= 15 is 0 Å². The van der Waals surface area contributed by atoms with E-state index in [4.69, 9.17) is 38.8 Å². The molecule has 1 aliphatic heterocycles. The fraction of sp³-hybridized carbons (Fsp3) is 1.00. The molecule has 0 aromatic carbocycles. The van der Waals surface area contributed by atoms with Crippen molar-refractivity contribution >= 4 is 23.5 Å². The van der Waals surface area contributed by atoms with Gasteiger partial charge < -0.3 is 49.0 Å². The molecule has 2 fully saturated rings. The highest BCUT2D eigenvalue weighted by Gasteiger charge is 2.56. The van der Waals surface area contributed by atoms with E-state index in [2.05, 4.69) is 13.6 Å². The van der Waals surface area contributed by atoms with E-state index in [0.717, 1.165) is 0 Å². The van der Waals surface area contributed by atoms with Gasteiger partial charge in [0, 0.05) is 0 Å². The summed E-state index contributed by atoms with van der Waals surface area (Å²) >= 11 is 0. The predicted octanol–water partition coefficient (Wildman–Crippen LogP) is -3.06. The zero-order chi connectivity index (χ0) is 21.5. The second-order valence-corrected chi connectivity index (χ2v) is 9.49. The minimum Gasteiger partial charge on any atom is -0.387 e. The minimum atomic E-state index is -5.33. The third-order valence-electron chi connectivity index (χ3n) is 3.75. The van der Waals surface area contributed by atoms with Crippen LogP contribution in [0, 0.1) is 0 Å². The van der Waals surface area contributed by atoms with Gasteiger partial charge in [-0.05, 0) is 0 Å². The summed E-state index contributed by atoms with van der Waals surface area (Å²) in [6.45, 7) is -1.13. The molecule has 1 aliphatic carbocycles. The number of hydrogen-bond acceptors (Lipinski definition) is 10. The predicted molar refractivity (Wildman–Crippen MR) is 82.2 cm³/mol. The van der Waals surface area contributed by atoms with Crippen molar-refractivity contribution in [3.63, 3.8) is 0 Å². The molecular weight excluding hydrogens is 457 g/mol. The standard InChI is InChI=1S/C9H19O16P3/c10-4-6-7(22-2-3(1-21-6)23-26(12,13)14)5(11)9(25-28(18,19)20)8(4)24-27(15,16)17/h3-11H,1-2H2,(H2,12,13,14)(H2,15,16,17)(H2,18,19,20)/t3?,4-,5-,6-,7+,8+,9+/m0/s1. The molecule has 1 saturated heterocycles. The summed E-state index contributed by atoms with van der Waals surface area (Å²) in [6.07, 6.45) is -12.9. The van der Waals surface area contributed by atoms with Gasteiger partial charge in [0.2, 0.25) is 0 Å². The maximum absolute atomic E-state index is 11.2. The van der Waals surface area contributed by atoms with Crippen molar-refractivity contribution in [2.24, 2.45) is 0 Å². The van der Waals surface area contributed by atoms with E-state index in [0.29, 0.717) is 0 Å². The molecule has 166 valence electrons. The van der Waals surface area contributed by atoms with Gasteiger partial charge in [0.1, 0.15) is 42.7 Å². The number of phosphoric acid groups is 3. The summed E-state index contributed by atoms with van der Waals surface area (Å²) < 4.78 is 56.6. The molecule has 2 rings (SSSR count). The summed E-state index contributed by atoms with van der Waals surface area (Å²) in [5, 5.41) is 20.7. The molecule has 0 aromatic rings. The van der Waals surface area contributed by atoms with E-state index < -0.39 is 79.4 Å². The van der Waals surface area contributed by atoms with Gasteiger partial charge in [0.05, 0.1) is 13.2 Å².